The van der Waals surface area contributed by atoms with E-state index in [2.05, 4.69) is 5.27 Å². The number of aromatic nitrogens is 2. The fraction of sp³-hybridized carbons (Fsp3) is 0.278. The van der Waals surface area contributed by atoms with Gasteiger partial charge in [0.25, 0.3) is 11.6 Å². The van der Waals surface area contributed by atoms with Crippen molar-refractivity contribution in [1.29, 1.82) is 0 Å². The first-order valence-electron chi connectivity index (χ1n) is 8.23. The third-order valence-corrected chi connectivity index (χ3v) is 5.03. The van der Waals surface area contributed by atoms with Crippen LogP contribution in [-0.2, 0) is 6.54 Å². The molecule has 0 N–H and O–H groups in total. The number of thiophene rings is 1. The lowest BCUT2D eigenvalue weighted by Gasteiger charge is -2.20. The predicted molar refractivity (Wildman–Crippen MR) is 91.2 cm³/mol. The van der Waals surface area contributed by atoms with Gasteiger partial charge in [-0.15, -0.1) is 0 Å². The molecule has 1 aliphatic rings. The van der Waals surface area contributed by atoms with Crippen LogP contribution >= 0.6 is 11.3 Å². The summed E-state index contributed by atoms with van der Waals surface area (Å²) >= 11 is 1.47. The van der Waals surface area contributed by atoms with Gasteiger partial charge >= 0.3 is 0 Å². The highest BCUT2D eigenvalue weighted by molar-refractivity contribution is 7.08. The van der Waals surface area contributed by atoms with Crippen molar-refractivity contribution in [3.8, 4) is 17.4 Å². The topological polar surface area (TPSA) is 82.5 Å². The van der Waals surface area contributed by atoms with E-state index in [0.29, 0.717) is 22.7 Å². The standard InChI is InChI=1S/C18H17N3O4S/c1-24-15-6-4-14(5-7-15)21-16(18(23)25-19-21)10-20(13-2-3-13)17(22)12-8-9-26-11-12/h4-9,11,13H,2-3,10H2,1H3. The summed E-state index contributed by atoms with van der Waals surface area (Å²) in [6.07, 6.45) is 1.88. The molecule has 1 fully saturated rings. The monoisotopic (exact) mass is 371 g/mol. The summed E-state index contributed by atoms with van der Waals surface area (Å²) in [6.45, 7) is 0.160. The first-order chi connectivity index (χ1) is 12.7. The Morgan fingerprint density at radius 1 is 1.38 bits per heavy atom. The van der Waals surface area contributed by atoms with Crippen LogP contribution in [0.25, 0.3) is 5.69 Å². The minimum absolute atomic E-state index is 0.0735. The summed E-state index contributed by atoms with van der Waals surface area (Å²) in [5.41, 5.74) is 1.64. The second-order valence-corrected chi connectivity index (χ2v) is 6.87. The number of hydrogen-bond acceptors (Lipinski definition) is 6. The lowest BCUT2D eigenvalue weighted by Crippen LogP contribution is -2.42. The molecule has 0 unspecified atom stereocenters. The van der Waals surface area contributed by atoms with Crippen molar-refractivity contribution < 1.29 is 23.8 Å². The van der Waals surface area contributed by atoms with Gasteiger partial charge in [-0.05, 0) is 41.1 Å². The van der Waals surface area contributed by atoms with Crippen LogP contribution in [0.4, 0.5) is 0 Å². The minimum Gasteiger partial charge on any atom is -0.539 e. The van der Waals surface area contributed by atoms with E-state index < -0.39 is 5.95 Å². The van der Waals surface area contributed by atoms with Gasteiger partial charge in [0.15, 0.2) is 5.95 Å². The van der Waals surface area contributed by atoms with Crippen LogP contribution in [-0.4, -0.2) is 29.2 Å². The van der Waals surface area contributed by atoms with Crippen molar-refractivity contribution >= 4 is 17.2 Å². The van der Waals surface area contributed by atoms with Crippen molar-refractivity contribution in [2.45, 2.75) is 25.4 Å². The molecule has 0 bridgehead atoms. The molecule has 0 radical (unpaired) electrons. The van der Waals surface area contributed by atoms with E-state index in [1.807, 2.05) is 10.8 Å². The summed E-state index contributed by atoms with van der Waals surface area (Å²) in [5.74, 6) is 0.0919. The van der Waals surface area contributed by atoms with E-state index in [0.717, 1.165) is 12.8 Å². The highest BCUT2D eigenvalue weighted by Gasteiger charge is 2.36. The molecule has 1 aromatic carbocycles. The quantitative estimate of drug-likeness (QED) is 0.618. The molecule has 1 amide bonds. The first-order valence-corrected chi connectivity index (χ1v) is 9.17. The molecule has 4 rings (SSSR count). The van der Waals surface area contributed by atoms with Crippen LogP contribution in [0, 0.1) is 0 Å². The average molecular weight is 371 g/mol. The summed E-state index contributed by atoms with van der Waals surface area (Å²) in [5, 5.41) is 19.8. The maximum absolute atomic E-state index is 12.8. The zero-order valence-corrected chi connectivity index (χ0v) is 14.9. The van der Waals surface area contributed by atoms with Gasteiger partial charge in [-0.1, -0.05) is 0 Å². The Morgan fingerprint density at radius 3 is 2.77 bits per heavy atom. The number of amides is 1. The molecule has 0 atom stereocenters. The third kappa shape index (κ3) is 3.15. The molecular formula is C18H17N3O4S. The van der Waals surface area contributed by atoms with E-state index >= 15 is 0 Å². The highest BCUT2D eigenvalue weighted by Crippen LogP contribution is 2.31. The maximum atomic E-state index is 12.8. The molecule has 26 heavy (non-hydrogen) atoms. The zero-order chi connectivity index (χ0) is 18.1. The predicted octanol–water partition coefficient (Wildman–Crippen LogP) is 1.90. The number of benzene rings is 1. The lowest BCUT2D eigenvalue weighted by atomic mass is 10.2. The van der Waals surface area contributed by atoms with Crippen molar-refractivity contribution in [2.24, 2.45) is 0 Å². The Morgan fingerprint density at radius 2 is 2.15 bits per heavy atom. The summed E-state index contributed by atoms with van der Waals surface area (Å²) < 4.78 is 11.5. The fourth-order valence-electron chi connectivity index (χ4n) is 2.79. The number of rotatable bonds is 6. The Balaban J connectivity index is 1.64. The van der Waals surface area contributed by atoms with Crippen LogP contribution in [0.15, 0.2) is 45.6 Å². The summed E-state index contributed by atoms with van der Waals surface area (Å²) in [6, 6.07) is 9.08. The molecule has 7 nitrogen and oxygen atoms in total. The van der Waals surface area contributed by atoms with E-state index in [1.165, 1.54) is 16.0 Å². The first kappa shape index (κ1) is 16.6. The normalized spacial score (nSPS) is 13.6. The highest BCUT2D eigenvalue weighted by atomic mass is 32.1. The molecule has 2 aromatic heterocycles. The molecule has 1 saturated carbocycles. The number of hydrogen-bond donors (Lipinski definition) is 0. The van der Waals surface area contributed by atoms with Gasteiger partial charge in [0, 0.05) is 23.6 Å². The van der Waals surface area contributed by atoms with Crippen LogP contribution < -0.4 is 14.5 Å². The van der Waals surface area contributed by atoms with Crippen LogP contribution in [0.2, 0.25) is 0 Å². The van der Waals surface area contributed by atoms with Gasteiger partial charge in [0.2, 0.25) is 5.69 Å². The van der Waals surface area contributed by atoms with Gasteiger partial charge in [0.05, 0.1) is 17.9 Å². The molecule has 3 aromatic rings. The maximum Gasteiger partial charge on any atom is 0.259 e. The minimum atomic E-state index is -0.537. The van der Waals surface area contributed by atoms with Gasteiger partial charge in [0.1, 0.15) is 12.3 Å². The fourth-order valence-corrected chi connectivity index (χ4v) is 3.42. The Bertz CT molecular complexity index is 901. The summed E-state index contributed by atoms with van der Waals surface area (Å²) in [4.78, 5) is 14.5. The van der Waals surface area contributed by atoms with Gasteiger partial charge in [-0.3, -0.25) is 4.79 Å². The number of nitrogens with zero attached hydrogens (tertiary/aromatic N) is 3. The Kier molecular flexibility index (Phi) is 4.34. The van der Waals surface area contributed by atoms with Crippen LogP contribution in [0.3, 0.4) is 0 Å². The number of carbonyl (C=O) groups is 1. The van der Waals surface area contributed by atoms with Crippen molar-refractivity contribution in [1.82, 2.24) is 10.2 Å². The van der Waals surface area contributed by atoms with Crippen molar-refractivity contribution in [3.63, 3.8) is 0 Å². The van der Waals surface area contributed by atoms with E-state index in [4.69, 9.17) is 9.26 Å². The number of methoxy groups -OCH3 is 1. The molecule has 2 heterocycles. The summed E-state index contributed by atoms with van der Waals surface area (Å²) in [7, 11) is 1.59. The molecule has 0 spiro atoms. The molecule has 0 saturated heterocycles. The van der Waals surface area contributed by atoms with Crippen molar-refractivity contribution in [3.05, 3.63) is 52.3 Å². The lowest BCUT2D eigenvalue weighted by molar-refractivity contribution is -0.678. The molecule has 1 aliphatic carbocycles. The van der Waals surface area contributed by atoms with Crippen LogP contribution in [0.1, 0.15) is 28.9 Å². The Hall–Kier alpha value is -2.87. The number of ether oxygens (including phenoxy) is 1. The van der Waals surface area contributed by atoms with E-state index in [-0.39, 0.29) is 18.5 Å². The molecule has 0 aliphatic heterocycles. The zero-order valence-electron chi connectivity index (χ0n) is 14.1. The van der Waals surface area contributed by atoms with Gasteiger partial charge in [-0.2, -0.15) is 11.3 Å². The van der Waals surface area contributed by atoms with Crippen LogP contribution in [0.5, 0.6) is 11.7 Å². The number of carbonyl (C=O) groups excluding carboxylic acids is 1. The van der Waals surface area contributed by atoms with Gasteiger partial charge < -0.3 is 19.3 Å². The Labute approximate surface area is 154 Å². The third-order valence-electron chi connectivity index (χ3n) is 4.35. The average Bonchev–Trinajstić information content (AvgIpc) is 3.22. The molecule has 8 heteroatoms. The van der Waals surface area contributed by atoms with E-state index in [9.17, 15) is 9.90 Å². The SMILES string of the molecule is COc1ccc(-[n+]2noc([O-])c2CN(C(=O)c2ccsc2)C2CC2)cc1. The van der Waals surface area contributed by atoms with Gasteiger partial charge in [-0.25, -0.2) is 0 Å². The molecule has 134 valence electrons. The van der Waals surface area contributed by atoms with E-state index in [1.54, 1.807) is 42.3 Å². The molecular weight excluding hydrogens is 354 g/mol. The second kappa shape index (κ2) is 6.80. The van der Waals surface area contributed by atoms with Crippen molar-refractivity contribution in [2.75, 3.05) is 7.11 Å². The largest absolute Gasteiger partial charge is 0.539 e. The smallest absolute Gasteiger partial charge is 0.259 e. The second-order valence-electron chi connectivity index (χ2n) is 6.09.